The number of carbonyl (C=O) groups is 1. The van der Waals surface area contributed by atoms with Crippen LogP contribution in [-0.4, -0.2) is 45.1 Å². The maximum Gasteiger partial charge on any atom is 0.240 e. The standard InChI is InChI=1S/C18H25N5O3/c1-12(2)18-21-17(26-22-18)11-23-7-5-16(10-23)25-15-4-6-19-14(8-15)9-20-13(3)24/h4,6,8,12,16H,5,7,9-11H2,1-3H3,(H,20,24). The molecule has 1 aliphatic heterocycles. The molecule has 3 rings (SSSR count). The largest absolute Gasteiger partial charge is 0.489 e. The normalized spacial score (nSPS) is 17.6. The van der Waals surface area contributed by atoms with E-state index in [0.29, 0.717) is 19.0 Å². The van der Waals surface area contributed by atoms with Crippen molar-refractivity contribution >= 4 is 5.91 Å². The lowest BCUT2D eigenvalue weighted by atomic mass is 10.2. The summed E-state index contributed by atoms with van der Waals surface area (Å²) in [6, 6.07) is 3.71. The lowest BCUT2D eigenvalue weighted by Crippen LogP contribution is -2.25. The molecule has 0 aliphatic carbocycles. The molecule has 0 radical (unpaired) electrons. The predicted octanol–water partition coefficient (Wildman–Crippen LogP) is 1.88. The number of nitrogens with one attached hydrogen (secondary N) is 1. The zero-order valence-corrected chi connectivity index (χ0v) is 15.4. The Bertz CT molecular complexity index is 746. The predicted molar refractivity (Wildman–Crippen MR) is 94.5 cm³/mol. The van der Waals surface area contributed by atoms with Gasteiger partial charge in [0.2, 0.25) is 11.8 Å². The first-order valence-corrected chi connectivity index (χ1v) is 8.90. The number of aromatic nitrogens is 3. The molecule has 1 saturated heterocycles. The summed E-state index contributed by atoms with van der Waals surface area (Å²) in [5.74, 6) is 2.35. The summed E-state index contributed by atoms with van der Waals surface area (Å²) in [5.41, 5.74) is 0.777. The van der Waals surface area contributed by atoms with Crippen LogP contribution >= 0.6 is 0 Å². The molecular formula is C18H25N5O3. The number of ether oxygens (including phenoxy) is 1. The molecular weight excluding hydrogens is 334 g/mol. The van der Waals surface area contributed by atoms with E-state index in [1.807, 2.05) is 26.0 Å². The summed E-state index contributed by atoms with van der Waals surface area (Å²) >= 11 is 0. The molecule has 8 nitrogen and oxygen atoms in total. The molecule has 2 aromatic rings. The SMILES string of the molecule is CC(=O)NCc1cc(OC2CCN(Cc3nc(C(C)C)no3)C2)ccn1. The minimum Gasteiger partial charge on any atom is -0.489 e. The molecule has 1 N–H and O–H groups in total. The number of rotatable bonds is 7. The van der Waals surface area contributed by atoms with Crippen molar-refractivity contribution in [2.75, 3.05) is 13.1 Å². The first-order valence-electron chi connectivity index (χ1n) is 8.90. The molecule has 8 heteroatoms. The summed E-state index contributed by atoms with van der Waals surface area (Å²) in [7, 11) is 0. The van der Waals surface area contributed by atoms with Crippen LogP contribution in [0.15, 0.2) is 22.9 Å². The number of carbonyl (C=O) groups excluding carboxylic acids is 1. The number of pyridine rings is 1. The fourth-order valence-corrected chi connectivity index (χ4v) is 2.83. The topological polar surface area (TPSA) is 93.4 Å². The Morgan fingerprint density at radius 1 is 1.50 bits per heavy atom. The fraction of sp³-hybridized carbons (Fsp3) is 0.556. The van der Waals surface area contributed by atoms with Crippen molar-refractivity contribution in [2.45, 2.75) is 52.3 Å². The number of likely N-dealkylation sites (tertiary alicyclic amines) is 1. The van der Waals surface area contributed by atoms with Crippen LogP contribution in [0.1, 0.15) is 50.5 Å². The molecule has 0 aromatic carbocycles. The Morgan fingerprint density at radius 2 is 2.35 bits per heavy atom. The molecule has 1 aliphatic rings. The highest BCUT2D eigenvalue weighted by atomic mass is 16.5. The molecule has 0 bridgehead atoms. The van der Waals surface area contributed by atoms with Gasteiger partial charge >= 0.3 is 0 Å². The van der Waals surface area contributed by atoms with Gasteiger partial charge < -0.3 is 14.6 Å². The molecule has 3 heterocycles. The Labute approximate surface area is 152 Å². The van der Waals surface area contributed by atoms with Gasteiger partial charge in [-0.2, -0.15) is 4.98 Å². The third-order valence-corrected chi connectivity index (χ3v) is 4.20. The molecule has 140 valence electrons. The summed E-state index contributed by atoms with van der Waals surface area (Å²) in [4.78, 5) is 21.9. The van der Waals surface area contributed by atoms with E-state index in [0.717, 1.165) is 36.8 Å². The second kappa shape index (κ2) is 8.27. The van der Waals surface area contributed by atoms with Crippen LogP contribution in [-0.2, 0) is 17.9 Å². The first kappa shape index (κ1) is 18.3. The zero-order chi connectivity index (χ0) is 18.5. The summed E-state index contributed by atoms with van der Waals surface area (Å²) in [6.45, 7) is 8.35. The van der Waals surface area contributed by atoms with Crippen LogP contribution < -0.4 is 10.1 Å². The highest BCUT2D eigenvalue weighted by Gasteiger charge is 2.25. The second-order valence-electron chi connectivity index (χ2n) is 6.86. The van der Waals surface area contributed by atoms with Crippen molar-refractivity contribution in [3.05, 3.63) is 35.7 Å². The Balaban J connectivity index is 1.51. The quantitative estimate of drug-likeness (QED) is 0.806. The van der Waals surface area contributed by atoms with Gasteiger partial charge in [-0.15, -0.1) is 0 Å². The minimum atomic E-state index is -0.0776. The number of amides is 1. The van der Waals surface area contributed by atoms with Crippen molar-refractivity contribution in [1.29, 1.82) is 0 Å². The smallest absolute Gasteiger partial charge is 0.240 e. The second-order valence-corrected chi connectivity index (χ2v) is 6.86. The summed E-state index contributed by atoms with van der Waals surface area (Å²) in [6.07, 6.45) is 2.75. The minimum absolute atomic E-state index is 0.0776. The molecule has 0 saturated carbocycles. The van der Waals surface area contributed by atoms with Gasteiger partial charge in [0, 0.05) is 38.2 Å². The Morgan fingerprint density at radius 3 is 3.08 bits per heavy atom. The maximum atomic E-state index is 11.0. The van der Waals surface area contributed by atoms with E-state index in [9.17, 15) is 4.79 Å². The van der Waals surface area contributed by atoms with E-state index >= 15 is 0 Å². The van der Waals surface area contributed by atoms with Gasteiger partial charge in [0.1, 0.15) is 11.9 Å². The number of hydrogen-bond donors (Lipinski definition) is 1. The van der Waals surface area contributed by atoms with Crippen LogP contribution in [0.4, 0.5) is 0 Å². The fourth-order valence-electron chi connectivity index (χ4n) is 2.83. The van der Waals surface area contributed by atoms with Gasteiger partial charge in [0.05, 0.1) is 18.8 Å². The first-order chi connectivity index (χ1) is 12.5. The summed E-state index contributed by atoms with van der Waals surface area (Å²) in [5, 5.41) is 6.74. The lowest BCUT2D eigenvalue weighted by Gasteiger charge is -2.15. The van der Waals surface area contributed by atoms with E-state index in [4.69, 9.17) is 9.26 Å². The molecule has 2 aromatic heterocycles. The van der Waals surface area contributed by atoms with E-state index in [-0.39, 0.29) is 17.9 Å². The van der Waals surface area contributed by atoms with Gasteiger partial charge in [-0.25, -0.2) is 0 Å². The summed E-state index contributed by atoms with van der Waals surface area (Å²) < 4.78 is 11.4. The van der Waals surface area contributed by atoms with Crippen molar-refractivity contribution in [3.63, 3.8) is 0 Å². The lowest BCUT2D eigenvalue weighted by molar-refractivity contribution is -0.119. The highest BCUT2D eigenvalue weighted by molar-refractivity contribution is 5.72. The van der Waals surface area contributed by atoms with Crippen LogP contribution in [0.3, 0.4) is 0 Å². The molecule has 0 spiro atoms. The van der Waals surface area contributed by atoms with Crippen LogP contribution in [0, 0.1) is 0 Å². The third kappa shape index (κ3) is 5.01. The van der Waals surface area contributed by atoms with E-state index in [2.05, 4.69) is 25.3 Å². The molecule has 1 atom stereocenters. The average molecular weight is 359 g/mol. The van der Waals surface area contributed by atoms with Crippen molar-refractivity contribution < 1.29 is 14.1 Å². The molecule has 1 fully saturated rings. The van der Waals surface area contributed by atoms with Crippen molar-refractivity contribution in [1.82, 2.24) is 25.3 Å². The van der Waals surface area contributed by atoms with Gasteiger partial charge in [-0.05, 0) is 12.5 Å². The molecule has 1 amide bonds. The Hall–Kier alpha value is -2.48. The van der Waals surface area contributed by atoms with E-state index < -0.39 is 0 Å². The number of nitrogens with zero attached hydrogens (tertiary/aromatic N) is 4. The van der Waals surface area contributed by atoms with Crippen LogP contribution in [0.25, 0.3) is 0 Å². The van der Waals surface area contributed by atoms with Gasteiger partial charge in [-0.1, -0.05) is 19.0 Å². The highest BCUT2D eigenvalue weighted by Crippen LogP contribution is 2.20. The molecule has 26 heavy (non-hydrogen) atoms. The van der Waals surface area contributed by atoms with Gasteiger partial charge in [-0.3, -0.25) is 14.7 Å². The van der Waals surface area contributed by atoms with Crippen LogP contribution in [0.5, 0.6) is 5.75 Å². The van der Waals surface area contributed by atoms with Crippen molar-refractivity contribution in [2.24, 2.45) is 0 Å². The monoisotopic (exact) mass is 359 g/mol. The Kier molecular flexibility index (Phi) is 5.82. The van der Waals surface area contributed by atoms with E-state index in [1.165, 1.54) is 6.92 Å². The zero-order valence-electron chi connectivity index (χ0n) is 15.4. The maximum absolute atomic E-state index is 11.0. The van der Waals surface area contributed by atoms with E-state index in [1.54, 1.807) is 6.20 Å². The molecule has 1 unspecified atom stereocenters. The van der Waals surface area contributed by atoms with Gasteiger partial charge in [0.25, 0.3) is 0 Å². The van der Waals surface area contributed by atoms with Gasteiger partial charge in [0.15, 0.2) is 5.82 Å². The average Bonchev–Trinajstić information content (AvgIpc) is 3.23. The number of hydrogen-bond acceptors (Lipinski definition) is 7. The van der Waals surface area contributed by atoms with Crippen molar-refractivity contribution in [3.8, 4) is 5.75 Å². The van der Waals surface area contributed by atoms with Crippen LogP contribution in [0.2, 0.25) is 0 Å². The third-order valence-electron chi connectivity index (χ3n) is 4.20.